The molecule has 1 heterocycles. The lowest BCUT2D eigenvalue weighted by Gasteiger charge is -2.20. The molecule has 204 valence electrons. The maximum atomic E-state index is 13.1. The van der Waals surface area contributed by atoms with E-state index in [0.717, 1.165) is 12.8 Å². The number of unbranched alkanes of at least 4 members (excludes halogenated alkanes) is 1. The van der Waals surface area contributed by atoms with Gasteiger partial charge in [0.2, 0.25) is 15.9 Å². The van der Waals surface area contributed by atoms with Gasteiger partial charge in [-0.15, -0.1) is 0 Å². The highest BCUT2D eigenvalue weighted by Gasteiger charge is 2.23. The first-order valence-corrected chi connectivity index (χ1v) is 14.6. The second-order valence-electron chi connectivity index (χ2n) is 8.43. The largest absolute Gasteiger partial charge is 0.465 e. The first kappa shape index (κ1) is 29.2. The molecule has 0 radical (unpaired) electrons. The number of anilines is 1. The Morgan fingerprint density at radius 3 is 2.39 bits per heavy atom. The molecule has 0 atom stereocenters. The van der Waals surface area contributed by atoms with E-state index in [-0.39, 0.29) is 34.3 Å². The summed E-state index contributed by atoms with van der Waals surface area (Å²) in [6, 6.07) is 10.9. The summed E-state index contributed by atoms with van der Waals surface area (Å²) in [5.74, 6) is -1.29. The normalized spacial score (nSPS) is 12.2. The third kappa shape index (κ3) is 6.94. The number of ether oxygens (including phenoxy) is 1. The molecule has 2 amide bonds. The zero-order chi connectivity index (χ0) is 27.9. The van der Waals surface area contributed by atoms with E-state index in [9.17, 15) is 22.8 Å². The van der Waals surface area contributed by atoms with Gasteiger partial charge in [0.15, 0.2) is 4.80 Å². The topological polar surface area (TPSA) is 127 Å². The number of thiazole rings is 1. The van der Waals surface area contributed by atoms with E-state index < -0.39 is 21.9 Å². The van der Waals surface area contributed by atoms with E-state index in [4.69, 9.17) is 4.74 Å². The van der Waals surface area contributed by atoms with Crippen molar-refractivity contribution in [3.05, 3.63) is 52.8 Å². The van der Waals surface area contributed by atoms with Crippen LogP contribution in [0.5, 0.6) is 0 Å². The predicted octanol–water partition coefficient (Wildman–Crippen LogP) is 3.78. The number of nitrogens with zero attached hydrogens (tertiary/aromatic N) is 3. The van der Waals surface area contributed by atoms with Crippen LogP contribution >= 0.6 is 11.3 Å². The summed E-state index contributed by atoms with van der Waals surface area (Å²) in [5, 5.41) is 2.71. The summed E-state index contributed by atoms with van der Waals surface area (Å²) in [7, 11) is -3.67. The molecule has 0 saturated carbocycles. The minimum Gasteiger partial charge on any atom is -0.465 e. The number of aromatic nitrogens is 1. The lowest BCUT2D eigenvalue weighted by Crippen LogP contribution is -2.31. The second-order valence-corrected chi connectivity index (χ2v) is 11.4. The van der Waals surface area contributed by atoms with Gasteiger partial charge in [0, 0.05) is 31.3 Å². The zero-order valence-corrected chi connectivity index (χ0v) is 23.5. The van der Waals surface area contributed by atoms with Crippen LogP contribution in [0.2, 0.25) is 0 Å². The predicted molar refractivity (Wildman–Crippen MR) is 146 cm³/mol. The third-order valence-electron chi connectivity index (χ3n) is 5.65. The maximum absolute atomic E-state index is 13.1. The first-order chi connectivity index (χ1) is 18.1. The Balaban J connectivity index is 1.98. The fourth-order valence-corrected chi connectivity index (χ4v) is 6.34. The number of hydrogen-bond donors (Lipinski definition) is 1. The van der Waals surface area contributed by atoms with Crippen molar-refractivity contribution in [2.24, 2.45) is 4.99 Å². The number of hydrogen-bond acceptors (Lipinski definition) is 7. The number of rotatable bonds is 11. The van der Waals surface area contributed by atoms with Crippen LogP contribution in [0.15, 0.2) is 52.4 Å². The van der Waals surface area contributed by atoms with E-state index in [1.165, 1.54) is 46.8 Å². The molecule has 1 aromatic heterocycles. The lowest BCUT2D eigenvalue weighted by molar-refractivity contribution is -0.143. The van der Waals surface area contributed by atoms with Crippen molar-refractivity contribution in [1.82, 2.24) is 8.87 Å². The Bertz CT molecular complexity index is 1490. The van der Waals surface area contributed by atoms with Crippen LogP contribution < -0.4 is 10.1 Å². The maximum Gasteiger partial charge on any atom is 0.326 e. The van der Waals surface area contributed by atoms with Crippen LogP contribution in [0.3, 0.4) is 0 Å². The van der Waals surface area contributed by atoms with Gasteiger partial charge in [-0.05, 0) is 55.8 Å². The fourth-order valence-electron chi connectivity index (χ4n) is 3.78. The summed E-state index contributed by atoms with van der Waals surface area (Å²) in [6.07, 6.45) is 1.64. The molecule has 0 unspecified atom stereocenters. The highest BCUT2D eigenvalue weighted by Crippen LogP contribution is 2.23. The van der Waals surface area contributed by atoms with Crippen LogP contribution in [0.1, 0.15) is 50.9 Å². The molecule has 0 aliphatic heterocycles. The van der Waals surface area contributed by atoms with E-state index in [1.807, 2.05) is 6.92 Å². The van der Waals surface area contributed by atoms with Crippen LogP contribution in [-0.2, 0) is 30.9 Å². The molecule has 3 aromatic rings. The Hall–Kier alpha value is -3.35. The number of esters is 1. The standard InChI is InChI=1S/C26H32N4O6S2/c1-5-8-15-29(6-2)38(34,35)21-12-9-19(10-13-21)25(33)28-26-30(17-24(32)36-7-3)22-14-11-20(27-18(4)31)16-23(22)37-26/h9-14,16H,5-8,15,17H2,1-4H3,(H,27,31). The molecule has 0 fully saturated rings. The molecule has 3 rings (SSSR count). The van der Waals surface area contributed by atoms with Gasteiger partial charge in [-0.25, -0.2) is 8.42 Å². The summed E-state index contributed by atoms with van der Waals surface area (Å²) < 4.78 is 34.8. The van der Waals surface area contributed by atoms with Gasteiger partial charge in [0.1, 0.15) is 6.54 Å². The quantitative estimate of drug-likeness (QED) is 0.356. The molecule has 0 saturated heterocycles. The number of carbonyl (C=O) groups is 3. The van der Waals surface area contributed by atoms with Gasteiger partial charge in [0.05, 0.1) is 21.7 Å². The SMILES string of the molecule is CCCCN(CC)S(=O)(=O)c1ccc(C(=O)N=c2sc3cc(NC(C)=O)ccc3n2CC(=O)OCC)cc1. The molecule has 0 spiro atoms. The van der Waals surface area contributed by atoms with Crippen molar-refractivity contribution in [3.63, 3.8) is 0 Å². The van der Waals surface area contributed by atoms with Gasteiger partial charge in [-0.3, -0.25) is 14.4 Å². The van der Waals surface area contributed by atoms with Crippen LogP contribution in [-0.4, -0.2) is 54.8 Å². The number of fused-ring (bicyclic) bond motifs is 1. The summed E-state index contributed by atoms with van der Waals surface area (Å²) in [5.41, 5.74) is 1.43. The number of benzene rings is 2. The van der Waals surface area contributed by atoms with E-state index >= 15 is 0 Å². The first-order valence-electron chi connectivity index (χ1n) is 12.4. The number of amides is 2. The highest BCUT2D eigenvalue weighted by atomic mass is 32.2. The monoisotopic (exact) mass is 560 g/mol. The Morgan fingerprint density at radius 2 is 1.79 bits per heavy atom. The van der Waals surface area contributed by atoms with Crippen LogP contribution in [0.4, 0.5) is 5.69 Å². The average Bonchev–Trinajstić information content (AvgIpc) is 3.19. The highest BCUT2D eigenvalue weighted by molar-refractivity contribution is 7.89. The summed E-state index contributed by atoms with van der Waals surface area (Å²) in [6.45, 7) is 7.75. The van der Waals surface area contributed by atoms with Gasteiger partial charge >= 0.3 is 5.97 Å². The summed E-state index contributed by atoms with van der Waals surface area (Å²) in [4.78, 5) is 41.4. The van der Waals surface area contributed by atoms with E-state index in [0.29, 0.717) is 29.0 Å². The Labute approximate surface area is 226 Å². The molecule has 12 heteroatoms. The Morgan fingerprint density at radius 1 is 1.08 bits per heavy atom. The smallest absolute Gasteiger partial charge is 0.326 e. The number of nitrogens with one attached hydrogen (secondary N) is 1. The van der Waals surface area contributed by atoms with Crippen molar-refractivity contribution in [1.29, 1.82) is 0 Å². The third-order valence-corrected chi connectivity index (χ3v) is 8.68. The summed E-state index contributed by atoms with van der Waals surface area (Å²) >= 11 is 1.18. The average molecular weight is 561 g/mol. The van der Waals surface area contributed by atoms with Crippen molar-refractivity contribution in [3.8, 4) is 0 Å². The molecule has 2 aromatic carbocycles. The van der Waals surface area contributed by atoms with Crippen molar-refractivity contribution >= 4 is 55.0 Å². The molecule has 10 nitrogen and oxygen atoms in total. The molecule has 0 bridgehead atoms. The fraction of sp³-hybridized carbons (Fsp3) is 0.385. The van der Waals surface area contributed by atoms with Gasteiger partial charge in [0.25, 0.3) is 5.91 Å². The zero-order valence-electron chi connectivity index (χ0n) is 21.9. The van der Waals surface area contributed by atoms with E-state index in [2.05, 4.69) is 10.3 Å². The molecule has 0 aliphatic carbocycles. The minimum atomic E-state index is -3.67. The Kier molecular flexibility index (Phi) is 9.95. The van der Waals surface area contributed by atoms with Crippen LogP contribution in [0.25, 0.3) is 10.2 Å². The molecule has 38 heavy (non-hydrogen) atoms. The second kappa shape index (κ2) is 12.9. The van der Waals surface area contributed by atoms with Gasteiger partial charge in [-0.2, -0.15) is 9.30 Å². The molecular formula is C26H32N4O6S2. The molecule has 0 aliphatic rings. The number of sulfonamides is 1. The lowest BCUT2D eigenvalue weighted by atomic mass is 10.2. The van der Waals surface area contributed by atoms with Gasteiger partial charge < -0.3 is 14.6 Å². The van der Waals surface area contributed by atoms with Crippen LogP contribution in [0, 0.1) is 0 Å². The molecule has 1 N–H and O–H groups in total. The molecular weight excluding hydrogens is 528 g/mol. The van der Waals surface area contributed by atoms with Crippen molar-refractivity contribution in [2.45, 2.75) is 52.0 Å². The van der Waals surface area contributed by atoms with E-state index in [1.54, 1.807) is 36.6 Å². The van der Waals surface area contributed by atoms with Crippen molar-refractivity contribution in [2.75, 3.05) is 25.0 Å². The van der Waals surface area contributed by atoms with Gasteiger partial charge in [-0.1, -0.05) is 31.6 Å². The van der Waals surface area contributed by atoms with Crippen molar-refractivity contribution < 1.29 is 27.5 Å². The number of carbonyl (C=O) groups excluding carboxylic acids is 3. The minimum absolute atomic E-state index is 0.108.